The second kappa shape index (κ2) is 8.59. The Morgan fingerprint density at radius 3 is 2.92 bits per heavy atom. The van der Waals surface area contributed by atoms with E-state index in [0.29, 0.717) is 12.4 Å². The van der Waals surface area contributed by atoms with E-state index in [2.05, 4.69) is 0 Å². The van der Waals surface area contributed by atoms with Crippen molar-refractivity contribution >= 4 is 24.0 Å². The minimum atomic E-state index is -0.227. The van der Waals surface area contributed by atoms with Gasteiger partial charge in [-0.1, -0.05) is 13.3 Å². The first kappa shape index (κ1) is 11.5. The number of esters is 1. The van der Waals surface area contributed by atoms with Gasteiger partial charge in [0.25, 0.3) is 0 Å². The lowest BCUT2D eigenvalue weighted by Gasteiger charge is -2.01. The van der Waals surface area contributed by atoms with Crippen LogP contribution < -0.4 is 0 Å². The average Bonchev–Trinajstić information content (AvgIpc) is 2.06. The average molecular weight is 190 g/mol. The van der Waals surface area contributed by atoms with Crippen LogP contribution in [0.3, 0.4) is 0 Å². The molecule has 0 saturated heterocycles. The number of hydrogen-bond donors (Lipinski definition) is 0. The number of thioether (sulfide) groups is 1. The molecule has 0 atom stereocenters. The van der Waals surface area contributed by atoms with Crippen LogP contribution in [0.2, 0.25) is 0 Å². The highest BCUT2D eigenvalue weighted by atomic mass is 32.2. The Bertz CT molecular complexity index is 136. The highest BCUT2D eigenvalue weighted by molar-refractivity contribution is 8.00. The molecule has 0 aromatic rings. The first-order valence-electron chi connectivity index (χ1n) is 3.98. The fourth-order valence-corrected chi connectivity index (χ4v) is 1.03. The van der Waals surface area contributed by atoms with Gasteiger partial charge in [-0.05, 0) is 6.42 Å². The monoisotopic (exact) mass is 190 g/mol. The standard InChI is InChI=1S/C8H14O3S/c1-2-3-5-11-8(10)7-12-6-4-9/h4H,2-3,5-7H2,1H3. The summed E-state index contributed by atoms with van der Waals surface area (Å²) in [6, 6.07) is 0. The second-order valence-corrected chi connectivity index (χ2v) is 3.29. The second-order valence-electron chi connectivity index (χ2n) is 2.26. The number of rotatable bonds is 7. The zero-order chi connectivity index (χ0) is 9.23. The molecule has 0 aliphatic carbocycles. The predicted molar refractivity (Wildman–Crippen MR) is 49.3 cm³/mol. The summed E-state index contributed by atoms with van der Waals surface area (Å²) in [5.74, 6) is 0.418. The maximum atomic E-state index is 10.8. The SMILES string of the molecule is CCCCOC(=O)CSCC=O. The van der Waals surface area contributed by atoms with E-state index < -0.39 is 0 Å². The Balaban J connectivity index is 3.15. The van der Waals surface area contributed by atoms with Crippen molar-refractivity contribution in [2.75, 3.05) is 18.1 Å². The topological polar surface area (TPSA) is 43.4 Å². The zero-order valence-corrected chi connectivity index (χ0v) is 8.06. The summed E-state index contributed by atoms with van der Waals surface area (Å²) in [5.41, 5.74) is 0. The van der Waals surface area contributed by atoms with Crippen molar-refractivity contribution in [1.82, 2.24) is 0 Å². The molecule has 0 amide bonds. The van der Waals surface area contributed by atoms with Crippen molar-refractivity contribution in [3.8, 4) is 0 Å². The van der Waals surface area contributed by atoms with Gasteiger partial charge < -0.3 is 9.53 Å². The lowest BCUT2D eigenvalue weighted by atomic mass is 10.4. The molecule has 0 aromatic carbocycles. The van der Waals surface area contributed by atoms with Gasteiger partial charge in [-0.3, -0.25) is 4.79 Å². The molecule has 70 valence electrons. The molecule has 0 aliphatic heterocycles. The molecule has 0 aromatic heterocycles. The van der Waals surface area contributed by atoms with Gasteiger partial charge in [0.05, 0.1) is 12.4 Å². The van der Waals surface area contributed by atoms with Crippen LogP contribution in [0.5, 0.6) is 0 Å². The van der Waals surface area contributed by atoms with Crippen molar-refractivity contribution < 1.29 is 14.3 Å². The molecule has 0 aliphatic rings. The predicted octanol–water partition coefficient (Wildman–Crippen LogP) is 1.26. The van der Waals surface area contributed by atoms with E-state index >= 15 is 0 Å². The number of aldehydes is 1. The third-order valence-corrected chi connectivity index (χ3v) is 1.98. The molecule has 0 radical (unpaired) electrons. The van der Waals surface area contributed by atoms with Gasteiger partial charge in [0.2, 0.25) is 0 Å². The minimum Gasteiger partial charge on any atom is -0.465 e. The molecule has 4 heteroatoms. The highest BCUT2D eigenvalue weighted by Crippen LogP contribution is 1.98. The molecule has 0 N–H and O–H groups in total. The molecular weight excluding hydrogens is 176 g/mol. The van der Waals surface area contributed by atoms with E-state index in [9.17, 15) is 9.59 Å². The van der Waals surface area contributed by atoms with Crippen molar-refractivity contribution in [2.24, 2.45) is 0 Å². The highest BCUT2D eigenvalue weighted by Gasteiger charge is 2.00. The Kier molecular flexibility index (Phi) is 8.22. The molecule has 0 unspecified atom stereocenters. The molecule has 0 spiro atoms. The molecule has 0 saturated carbocycles. The largest absolute Gasteiger partial charge is 0.465 e. The van der Waals surface area contributed by atoms with Crippen LogP contribution in [-0.2, 0) is 14.3 Å². The van der Waals surface area contributed by atoms with Crippen LogP contribution in [0.4, 0.5) is 0 Å². The van der Waals surface area contributed by atoms with Crippen LogP contribution in [0.1, 0.15) is 19.8 Å². The number of carbonyl (C=O) groups excluding carboxylic acids is 2. The summed E-state index contributed by atoms with van der Waals surface area (Å²) < 4.78 is 4.85. The van der Waals surface area contributed by atoms with Crippen molar-refractivity contribution in [3.05, 3.63) is 0 Å². The Morgan fingerprint density at radius 1 is 1.58 bits per heavy atom. The Labute approximate surface area is 76.9 Å². The summed E-state index contributed by atoms with van der Waals surface area (Å²) in [6.07, 6.45) is 2.71. The molecular formula is C8H14O3S. The molecule has 12 heavy (non-hydrogen) atoms. The smallest absolute Gasteiger partial charge is 0.315 e. The van der Waals surface area contributed by atoms with Gasteiger partial charge in [-0.25, -0.2) is 0 Å². The molecule has 0 bridgehead atoms. The minimum absolute atomic E-state index is 0.227. The van der Waals surface area contributed by atoms with Crippen LogP contribution in [0.25, 0.3) is 0 Å². The first-order valence-corrected chi connectivity index (χ1v) is 5.13. The van der Waals surface area contributed by atoms with Crippen molar-refractivity contribution in [2.45, 2.75) is 19.8 Å². The van der Waals surface area contributed by atoms with Gasteiger partial charge in [0.15, 0.2) is 0 Å². The number of hydrogen-bond acceptors (Lipinski definition) is 4. The number of unbranched alkanes of at least 4 members (excludes halogenated alkanes) is 1. The van der Waals surface area contributed by atoms with Gasteiger partial charge >= 0.3 is 5.97 Å². The lowest BCUT2D eigenvalue weighted by molar-refractivity contribution is -0.140. The lowest BCUT2D eigenvalue weighted by Crippen LogP contribution is -2.08. The molecule has 0 rings (SSSR count). The van der Waals surface area contributed by atoms with E-state index in [1.54, 1.807) is 0 Å². The van der Waals surface area contributed by atoms with Crippen molar-refractivity contribution in [1.29, 1.82) is 0 Å². The van der Waals surface area contributed by atoms with Gasteiger partial charge in [0.1, 0.15) is 6.29 Å². The first-order chi connectivity index (χ1) is 5.81. The zero-order valence-electron chi connectivity index (χ0n) is 7.25. The van der Waals surface area contributed by atoms with E-state index in [1.165, 1.54) is 11.8 Å². The normalized spacial score (nSPS) is 9.42. The summed E-state index contributed by atoms with van der Waals surface area (Å²) >= 11 is 1.28. The van der Waals surface area contributed by atoms with E-state index in [-0.39, 0.29) is 11.7 Å². The maximum Gasteiger partial charge on any atom is 0.315 e. The maximum absolute atomic E-state index is 10.8. The fourth-order valence-electron chi connectivity index (χ4n) is 0.562. The van der Waals surface area contributed by atoms with E-state index in [4.69, 9.17) is 4.74 Å². The van der Waals surface area contributed by atoms with Gasteiger partial charge in [0, 0.05) is 5.75 Å². The summed E-state index contributed by atoms with van der Waals surface area (Å²) in [7, 11) is 0. The number of ether oxygens (including phenoxy) is 1. The van der Waals surface area contributed by atoms with Crippen LogP contribution >= 0.6 is 11.8 Å². The Morgan fingerprint density at radius 2 is 2.33 bits per heavy atom. The Hall–Kier alpha value is -0.510. The molecule has 3 nitrogen and oxygen atoms in total. The van der Waals surface area contributed by atoms with E-state index in [0.717, 1.165) is 19.1 Å². The fraction of sp³-hybridized carbons (Fsp3) is 0.750. The summed E-state index contributed by atoms with van der Waals surface area (Å²) in [4.78, 5) is 20.7. The van der Waals surface area contributed by atoms with E-state index in [1.807, 2.05) is 6.92 Å². The van der Waals surface area contributed by atoms with Crippen LogP contribution in [-0.4, -0.2) is 30.4 Å². The van der Waals surface area contributed by atoms with Gasteiger partial charge in [-0.2, -0.15) is 0 Å². The quantitative estimate of drug-likeness (QED) is 0.344. The third kappa shape index (κ3) is 7.60. The van der Waals surface area contributed by atoms with Gasteiger partial charge in [-0.15, -0.1) is 11.8 Å². The third-order valence-electron chi connectivity index (χ3n) is 1.17. The molecule has 0 fully saturated rings. The molecule has 0 heterocycles. The number of carbonyl (C=O) groups is 2. The van der Waals surface area contributed by atoms with Crippen LogP contribution in [0, 0.1) is 0 Å². The summed E-state index contributed by atoms with van der Waals surface area (Å²) in [5, 5.41) is 0. The van der Waals surface area contributed by atoms with Crippen molar-refractivity contribution in [3.63, 3.8) is 0 Å². The van der Waals surface area contributed by atoms with Crippen LogP contribution in [0.15, 0.2) is 0 Å². The summed E-state index contributed by atoms with van der Waals surface area (Å²) in [6.45, 7) is 2.53.